The zero-order chi connectivity index (χ0) is 14.5. The summed E-state index contributed by atoms with van der Waals surface area (Å²) in [4.78, 5) is 14.0. The molecule has 1 N–H and O–H groups in total. The summed E-state index contributed by atoms with van der Waals surface area (Å²) in [5.74, 6) is -0.124. The summed E-state index contributed by atoms with van der Waals surface area (Å²) in [5, 5.41) is 11.9. The number of allylic oxidation sites excluding steroid dienone is 1. The number of phenols is 1. The molecule has 2 aromatic carbocycles. The van der Waals surface area contributed by atoms with E-state index in [-0.39, 0.29) is 11.7 Å². The monoisotopic (exact) mass is 269 g/mol. The van der Waals surface area contributed by atoms with Crippen LogP contribution >= 0.6 is 0 Å². The molecule has 20 heavy (non-hydrogen) atoms. The van der Waals surface area contributed by atoms with E-state index in [1.165, 1.54) is 0 Å². The molecule has 0 atom stereocenters. The molecule has 0 bridgehead atoms. The Morgan fingerprint density at radius 1 is 1.30 bits per heavy atom. The lowest BCUT2D eigenvalue weighted by Crippen LogP contribution is -2.27. The van der Waals surface area contributed by atoms with Gasteiger partial charge < -0.3 is 10.0 Å². The van der Waals surface area contributed by atoms with Gasteiger partial charge in [-0.3, -0.25) is 4.79 Å². The van der Waals surface area contributed by atoms with Gasteiger partial charge >= 0.3 is 0 Å². The molecule has 2 rings (SSSR count). The number of phenolic OH excluding ortho intramolecular Hbond substituents is 1. The average Bonchev–Trinajstić information content (AvgIpc) is 2.46. The average molecular weight is 269 g/mol. The second kappa shape index (κ2) is 6.24. The third-order valence-electron chi connectivity index (χ3n) is 3.34. The normalized spacial score (nSPS) is 10.4. The van der Waals surface area contributed by atoms with E-state index in [2.05, 4.69) is 6.58 Å². The van der Waals surface area contributed by atoms with E-state index in [9.17, 15) is 9.90 Å². The summed E-state index contributed by atoms with van der Waals surface area (Å²) >= 11 is 0. The van der Waals surface area contributed by atoms with Gasteiger partial charge in [0, 0.05) is 13.6 Å². The van der Waals surface area contributed by atoms with Gasteiger partial charge in [0.05, 0.1) is 5.56 Å². The second-order valence-corrected chi connectivity index (χ2v) is 4.87. The number of fused-ring (bicyclic) bond motifs is 1. The SMILES string of the molecule is C=CCCCN(C)C(=O)c1cc2ccccc2cc1O. The van der Waals surface area contributed by atoms with Gasteiger partial charge in [-0.1, -0.05) is 30.3 Å². The van der Waals surface area contributed by atoms with Gasteiger partial charge in [-0.05, 0) is 35.7 Å². The van der Waals surface area contributed by atoms with Gasteiger partial charge in [0.15, 0.2) is 0 Å². The molecule has 0 aliphatic carbocycles. The zero-order valence-electron chi connectivity index (χ0n) is 11.7. The highest BCUT2D eigenvalue weighted by molar-refractivity contribution is 6.01. The number of nitrogens with zero attached hydrogens (tertiary/aromatic N) is 1. The van der Waals surface area contributed by atoms with Crippen molar-refractivity contribution in [3.8, 4) is 5.75 Å². The van der Waals surface area contributed by atoms with Crippen molar-refractivity contribution in [1.82, 2.24) is 4.90 Å². The summed E-state index contributed by atoms with van der Waals surface area (Å²) in [5.41, 5.74) is 0.352. The van der Waals surface area contributed by atoms with Gasteiger partial charge in [0.2, 0.25) is 0 Å². The Morgan fingerprint density at radius 2 is 1.95 bits per heavy atom. The maximum absolute atomic E-state index is 12.3. The molecule has 0 saturated carbocycles. The Labute approximate surface area is 119 Å². The van der Waals surface area contributed by atoms with Crippen LogP contribution in [0.5, 0.6) is 5.75 Å². The van der Waals surface area contributed by atoms with Crippen LogP contribution in [-0.4, -0.2) is 29.5 Å². The first-order valence-electron chi connectivity index (χ1n) is 6.71. The van der Waals surface area contributed by atoms with Crippen molar-refractivity contribution in [3.63, 3.8) is 0 Å². The fourth-order valence-corrected chi connectivity index (χ4v) is 2.18. The van der Waals surface area contributed by atoms with Crippen LogP contribution in [0.15, 0.2) is 49.1 Å². The fraction of sp³-hybridized carbons (Fsp3) is 0.235. The smallest absolute Gasteiger partial charge is 0.257 e. The third-order valence-corrected chi connectivity index (χ3v) is 3.34. The minimum atomic E-state index is -0.155. The highest BCUT2D eigenvalue weighted by atomic mass is 16.3. The predicted molar refractivity (Wildman–Crippen MR) is 82.0 cm³/mol. The minimum absolute atomic E-state index is 0.0317. The largest absolute Gasteiger partial charge is 0.507 e. The number of carbonyl (C=O) groups is 1. The van der Waals surface area contributed by atoms with Crippen LogP contribution in [0.1, 0.15) is 23.2 Å². The number of hydrogen-bond acceptors (Lipinski definition) is 2. The summed E-state index contributed by atoms with van der Waals surface area (Å²) in [6.45, 7) is 4.32. The van der Waals surface area contributed by atoms with Crippen molar-refractivity contribution < 1.29 is 9.90 Å². The van der Waals surface area contributed by atoms with Crippen LogP contribution in [0.25, 0.3) is 10.8 Å². The molecule has 3 heteroatoms. The number of amides is 1. The first-order chi connectivity index (χ1) is 9.63. The Balaban J connectivity index is 2.25. The number of benzene rings is 2. The van der Waals surface area contributed by atoms with Crippen LogP contribution in [0.4, 0.5) is 0 Å². The van der Waals surface area contributed by atoms with Crippen molar-refractivity contribution in [2.45, 2.75) is 12.8 Å². The number of rotatable bonds is 5. The van der Waals surface area contributed by atoms with Crippen molar-refractivity contribution in [2.24, 2.45) is 0 Å². The Kier molecular flexibility index (Phi) is 4.41. The first kappa shape index (κ1) is 14.1. The van der Waals surface area contributed by atoms with E-state index < -0.39 is 0 Å². The molecule has 1 amide bonds. The molecule has 0 aliphatic rings. The van der Waals surface area contributed by atoms with E-state index in [1.54, 1.807) is 24.1 Å². The quantitative estimate of drug-likeness (QED) is 0.665. The molecular weight excluding hydrogens is 250 g/mol. The lowest BCUT2D eigenvalue weighted by Gasteiger charge is -2.17. The summed E-state index contributed by atoms with van der Waals surface area (Å²) in [7, 11) is 1.75. The van der Waals surface area contributed by atoms with Gasteiger partial charge in [-0.15, -0.1) is 6.58 Å². The van der Waals surface area contributed by atoms with Gasteiger partial charge in [0.1, 0.15) is 5.75 Å². The van der Waals surface area contributed by atoms with Crippen LogP contribution in [0.2, 0.25) is 0 Å². The zero-order valence-corrected chi connectivity index (χ0v) is 11.7. The van der Waals surface area contributed by atoms with E-state index in [0.717, 1.165) is 23.6 Å². The number of unbranched alkanes of at least 4 members (excludes halogenated alkanes) is 1. The number of aromatic hydroxyl groups is 1. The van der Waals surface area contributed by atoms with Crippen molar-refractivity contribution in [3.05, 3.63) is 54.6 Å². The molecule has 0 aromatic heterocycles. The molecule has 0 saturated heterocycles. The van der Waals surface area contributed by atoms with E-state index in [1.807, 2.05) is 30.3 Å². The van der Waals surface area contributed by atoms with Gasteiger partial charge in [-0.2, -0.15) is 0 Å². The Hall–Kier alpha value is -2.29. The standard InChI is InChI=1S/C17H19NO2/c1-3-4-7-10-18(2)17(20)15-11-13-8-5-6-9-14(13)12-16(15)19/h3,5-6,8-9,11-12,19H,1,4,7,10H2,2H3. The Morgan fingerprint density at radius 3 is 2.60 bits per heavy atom. The van der Waals surface area contributed by atoms with Crippen LogP contribution < -0.4 is 0 Å². The van der Waals surface area contributed by atoms with Crippen LogP contribution in [0.3, 0.4) is 0 Å². The van der Waals surface area contributed by atoms with E-state index in [0.29, 0.717) is 12.1 Å². The summed E-state index contributed by atoms with van der Waals surface area (Å²) in [6.07, 6.45) is 3.59. The highest BCUT2D eigenvalue weighted by Crippen LogP contribution is 2.25. The van der Waals surface area contributed by atoms with Crippen molar-refractivity contribution in [1.29, 1.82) is 0 Å². The molecule has 0 radical (unpaired) electrons. The highest BCUT2D eigenvalue weighted by Gasteiger charge is 2.16. The Bertz CT molecular complexity index is 634. The van der Waals surface area contributed by atoms with E-state index >= 15 is 0 Å². The molecule has 104 valence electrons. The van der Waals surface area contributed by atoms with Crippen LogP contribution in [0, 0.1) is 0 Å². The summed E-state index contributed by atoms with van der Waals surface area (Å²) in [6, 6.07) is 11.1. The number of hydrogen-bond donors (Lipinski definition) is 1. The van der Waals surface area contributed by atoms with Crippen molar-refractivity contribution >= 4 is 16.7 Å². The number of carbonyl (C=O) groups excluding carboxylic acids is 1. The van der Waals surface area contributed by atoms with E-state index in [4.69, 9.17) is 0 Å². The lowest BCUT2D eigenvalue weighted by molar-refractivity contribution is 0.0791. The molecular formula is C17H19NO2. The maximum atomic E-state index is 12.3. The molecule has 0 heterocycles. The molecule has 0 fully saturated rings. The van der Waals surface area contributed by atoms with Crippen LogP contribution in [-0.2, 0) is 0 Å². The molecule has 3 nitrogen and oxygen atoms in total. The minimum Gasteiger partial charge on any atom is -0.507 e. The second-order valence-electron chi connectivity index (χ2n) is 4.87. The maximum Gasteiger partial charge on any atom is 0.257 e. The molecule has 0 unspecified atom stereocenters. The van der Waals surface area contributed by atoms with Crippen molar-refractivity contribution in [2.75, 3.05) is 13.6 Å². The van der Waals surface area contributed by atoms with Gasteiger partial charge in [-0.25, -0.2) is 0 Å². The molecule has 2 aromatic rings. The summed E-state index contributed by atoms with van der Waals surface area (Å²) < 4.78 is 0. The predicted octanol–water partition coefficient (Wildman–Crippen LogP) is 3.58. The fourth-order valence-electron chi connectivity index (χ4n) is 2.18. The molecule has 0 aliphatic heterocycles. The first-order valence-corrected chi connectivity index (χ1v) is 6.71. The third kappa shape index (κ3) is 2.99. The molecule has 0 spiro atoms. The topological polar surface area (TPSA) is 40.5 Å². The lowest BCUT2D eigenvalue weighted by atomic mass is 10.0. The van der Waals surface area contributed by atoms with Gasteiger partial charge in [0.25, 0.3) is 5.91 Å².